The van der Waals surface area contributed by atoms with Gasteiger partial charge in [0.15, 0.2) is 0 Å². The average Bonchev–Trinajstić information content (AvgIpc) is 2.91. The predicted octanol–water partition coefficient (Wildman–Crippen LogP) is 4.22. The first-order valence-electron chi connectivity index (χ1n) is 5.35. The number of alkyl halides is 1. The van der Waals surface area contributed by atoms with Crippen molar-refractivity contribution in [2.45, 2.75) is 52.4 Å². The molecule has 72 valence electrons. The molecule has 1 atom stereocenters. The highest BCUT2D eigenvalue weighted by Crippen LogP contribution is 2.51. The van der Waals surface area contributed by atoms with Gasteiger partial charge in [-0.1, -0.05) is 26.7 Å². The van der Waals surface area contributed by atoms with Crippen LogP contribution in [0.1, 0.15) is 52.4 Å². The van der Waals surface area contributed by atoms with Crippen molar-refractivity contribution in [1.82, 2.24) is 0 Å². The minimum atomic E-state index is 0.511. The Kier molecular flexibility index (Phi) is 3.89. The Morgan fingerprint density at radius 1 is 1.33 bits per heavy atom. The van der Waals surface area contributed by atoms with Crippen molar-refractivity contribution in [2.75, 3.05) is 5.88 Å². The zero-order chi connectivity index (χ0) is 9.03. The maximum Gasteiger partial charge on any atom is 0.0282 e. The molecule has 0 heterocycles. The normalized spacial score (nSPS) is 22.2. The highest BCUT2D eigenvalue weighted by molar-refractivity contribution is 6.18. The first-order valence-corrected chi connectivity index (χ1v) is 5.88. The van der Waals surface area contributed by atoms with Gasteiger partial charge in [-0.3, -0.25) is 0 Å². The number of hydrogen-bond acceptors (Lipinski definition) is 0. The van der Waals surface area contributed by atoms with E-state index in [9.17, 15) is 0 Å². The molecule has 0 N–H and O–H groups in total. The van der Waals surface area contributed by atoms with Crippen LogP contribution in [0.15, 0.2) is 0 Å². The highest BCUT2D eigenvalue weighted by atomic mass is 35.5. The van der Waals surface area contributed by atoms with Gasteiger partial charge in [0.2, 0.25) is 0 Å². The van der Waals surface area contributed by atoms with Crippen LogP contribution in [0.25, 0.3) is 0 Å². The van der Waals surface area contributed by atoms with Crippen LogP contribution in [0, 0.1) is 11.3 Å². The lowest BCUT2D eigenvalue weighted by Crippen LogP contribution is -2.24. The van der Waals surface area contributed by atoms with E-state index < -0.39 is 0 Å². The molecule has 0 aromatic rings. The van der Waals surface area contributed by atoms with Crippen molar-refractivity contribution >= 4 is 11.6 Å². The second-order valence-electron chi connectivity index (χ2n) is 4.23. The van der Waals surface area contributed by atoms with E-state index in [4.69, 9.17) is 11.6 Å². The molecule has 0 amide bonds. The lowest BCUT2D eigenvalue weighted by atomic mass is 9.77. The summed E-state index contributed by atoms with van der Waals surface area (Å²) in [7, 11) is 0. The van der Waals surface area contributed by atoms with Gasteiger partial charge in [0.05, 0.1) is 0 Å². The van der Waals surface area contributed by atoms with Gasteiger partial charge >= 0.3 is 0 Å². The molecule has 0 nitrogen and oxygen atoms in total. The Morgan fingerprint density at radius 3 is 2.33 bits per heavy atom. The summed E-state index contributed by atoms with van der Waals surface area (Å²) in [4.78, 5) is 0. The molecule has 0 aromatic heterocycles. The lowest BCUT2D eigenvalue weighted by molar-refractivity contribution is 0.236. The van der Waals surface area contributed by atoms with Crippen LogP contribution in [0.3, 0.4) is 0 Å². The summed E-state index contributed by atoms with van der Waals surface area (Å²) < 4.78 is 0. The second-order valence-corrected chi connectivity index (χ2v) is 4.49. The fourth-order valence-corrected chi connectivity index (χ4v) is 2.71. The van der Waals surface area contributed by atoms with Crippen molar-refractivity contribution in [3.8, 4) is 0 Å². The summed E-state index contributed by atoms with van der Waals surface area (Å²) in [5.41, 5.74) is 0.511. The van der Waals surface area contributed by atoms with Gasteiger partial charge in [0, 0.05) is 5.88 Å². The lowest BCUT2D eigenvalue weighted by Gasteiger charge is -2.30. The number of rotatable bonds is 6. The van der Waals surface area contributed by atoms with E-state index in [0.717, 1.165) is 11.8 Å². The van der Waals surface area contributed by atoms with Crippen LogP contribution in [0.4, 0.5) is 0 Å². The predicted molar refractivity (Wildman–Crippen MR) is 55.7 cm³/mol. The maximum atomic E-state index is 6.10. The van der Waals surface area contributed by atoms with Crippen LogP contribution in [0.5, 0.6) is 0 Å². The fourth-order valence-electron chi connectivity index (χ4n) is 2.16. The molecule has 0 aromatic carbocycles. The zero-order valence-corrected chi connectivity index (χ0v) is 9.16. The van der Waals surface area contributed by atoms with Gasteiger partial charge in [-0.25, -0.2) is 0 Å². The summed E-state index contributed by atoms with van der Waals surface area (Å²) in [6, 6.07) is 0. The molecule has 0 spiro atoms. The van der Waals surface area contributed by atoms with Gasteiger partial charge in [-0.15, -0.1) is 11.6 Å². The van der Waals surface area contributed by atoms with E-state index >= 15 is 0 Å². The van der Waals surface area contributed by atoms with Crippen molar-refractivity contribution in [3.63, 3.8) is 0 Å². The molecule has 0 saturated heterocycles. The van der Waals surface area contributed by atoms with Gasteiger partial charge in [0.1, 0.15) is 0 Å². The second kappa shape index (κ2) is 4.50. The topological polar surface area (TPSA) is 0 Å². The van der Waals surface area contributed by atoms with E-state index in [1.807, 2.05) is 0 Å². The number of hydrogen-bond donors (Lipinski definition) is 0. The smallest absolute Gasteiger partial charge is 0.0282 e. The molecule has 1 rings (SSSR count). The first-order chi connectivity index (χ1) is 5.79. The van der Waals surface area contributed by atoms with Crippen molar-refractivity contribution in [3.05, 3.63) is 0 Å². The van der Waals surface area contributed by atoms with E-state index in [1.165, 1.54) is 38.5 Å². The van der Waals surface area contributed by atoms with Crippen LogP contribution in [-0.4, -0.2) is 5.88 Å². The van der Waals surface area contributed by atoms with Gasteiger partial charge in [-0.05, 0) is 37.0 Å². The average molecular weight is 189 g/mol. The summed E-state index contributed by atoms with van der Waals surface area (Å²) in [5.74, 6) is 1.85. The first kappa shape index (κ1) is 10.4. The summed E-state index contributed by atoms with van der Waals surface area (Å²) in [6.45, 7) is 4.57. The largest absolute Gasteiger partial charge is 0.126 e. The van der Waals surface area contributed by atoms with Crippen LogP contribution >= 0.6 is 11.6 Å². The molecule has 1 saturated carbocycles. The van der Waals surface area contributed by atoms with Crippen LogP contribution < -0.4 is 0 Å². The summed E-state index contributed by atoms with van der Waals surface area (Å²) in [5, 5.41) is 0. The third-order valence-corrected chi connectivity index (χ3v) is 3.97. The quantitative estimate of drug-likeness (QED) is 0.548. The standard InChI is InChI=1S/C11H21Cl/c1-3-5-8-11(4-2,9-12)10-6-7-10/h10H,3-9H2,1-2H3. The van der Waals surface area contributed by atoms with E-state index in [-0.39, 0.29) is 0 Å². The van der Waals surface area contributed by atoms with Crippen LogP contribution in [0.2, 0.25) is 0 Å². The van der Waals surface area contributed by atoms with Crippen molar-refractivity contribution in [1.29, 1.82) is 0 Å². The van der Waals surface area contributed by atoms with Crippen LogP contribution in [-0.2, 0) is 0 Å². The maximum absolute atomic E-state index is 6.10. The molecule has 1 aliphatic rings. The van der Waals surface area contributed by atoms with Crippen molar-refractivity contribution in [2.24, 2.45) is 11.3 Å². The molecular weight excluding hydrogens is 168 g/mol. The molecule has 1 heteroatoms. The molecule has 0 aliphatic heterocycles. The Hall–Kier alpha value is 0.290. The Bertz CT molecular complexity index is 123. The van der Waals surface area contributed by atoms with E-state index in [1.54, 1.807) is 0 Å². The van der Waals surface area contributed by atoms with Gasteiger partial charge in [0.25, 0.3) is 0 Å². The Balaban J connectivity index is 2.43. The third-order valence-electron chi connectivity index (χ3n) is 3.44. The number of halogens is 1. The highest BCUT2D eigenvalue weighted by Gasteiger charge is 2.42. The molecular formula is C11H21Cl. The molecule has 12 heavy (non-hydrogen) atoms. The molecule has 1 aliphatic carbocycles. The van der Waals surface area contributed by atoms with E-state index in [2.05, 4.69) is 13.8 Å². The Labute approximate surface area is 81.7 Å². The van der Waals surface area contributed by atoms with Gasteiger partial charge in [-0.2, -0.15) is 0 Å². The van der Waals surface area contributed by atoms with Gasteiger partial charge < -0.3 is 0 Å². The summed E-state index contributed by atoms with van der Waals surface area (Å²) >= 11 is 6.10. The zero-order valence-electron chi connectivity index (χ0n) is 8.41. The summed E-state index contributed by atoms with van der Waals surface area (Å²) in [6.07, 6.45) is 8.17. The number of unbranched alkanes of at least 4 members (excludes halogenated alkanes) is 1. The third kappa shape index (κ3) is 2.16. The minimum absolute atomic E-state index is 0.511. The van der Waals surface area contributed by atoms with Crippen molar-refractivity contribution < 1.29 is 0 Å². The van der Waals surface area contributed by atoms with E-state index in [0.29, 0.717) is 5.41 Å². The monoisotopic (exact) mass is 188 g/mol. The fraction of sp³-hybridized carbons (Fsp3) is 1.00. The molecule has 1 fully saturated rings. The molecule has 0 bridgehead atoms. The minimum Gasteiger partial charge on any atom is -0.126 e. The molecule has 1 unspecified atom stereocenters. The SMILES string of the molecule is CCCCC(CC)(CCl)C1CC1. The Morgan fingerprint density at radius 2 is 2.00 bits per heavy atom. The molecule has 0 radical (unpaired) electrons.